The van der Waals surface area contributed by atoms with E-state index in [1.807, 2.05) is 13.8 Å². The van der Waals surface area contributed by atoms with Gasteiger partial charge in [-0.1, -0.05) is 25.2 Å². The van der Waals surface area contributed by atoms with Crippen LogP contribution in [-0.4, -0.2) is 27.0 Å². The monoisotopic (exact) mass is 292 g/mol. The predicted octanol–water partition coefficient (Wildman–Crippen LogP) is 2.30. The van der Waals surface area contributed by atoms with Crippen LogP contribution >= 0.6 is 11.3 Å². The zero-order valence-electron chi connectivity index (χ0n) is 11.4. The third kappa shape index (κ3) is 3.51. The molecule has 0 aromatic carbocycles. The van der Waals surface area contributed by atoms with Gasteiger partial charge in [0.05, 0.1) is 5.69 Å². The zero-order chi connectivity index (χ0) is 14.5. The van der Waals surface area contributed by atoms with Gasteiger partial charge in [-0.2, -0.15) is 0 Å². The van der Waals surface area contributed by atoms with E-state index < -0.39 is 0 Å². The molecule has 2 rings (SSSR count). The predicted molar refractivity (Wildman–Crippen MR) is 77.1 cm³/mol. The first-order chi connectivity index (χ1) is 9.60. The summed E-state index contributed by atoms with van der Waals surface area (Å²) in [4.78, 5) is 22.6. The van der Waals surface area contributed by atoms with Gasteiger partial charge in [-0.15, -0.1) is 10.2 Å². The Hall–Kier alpha value is -2.02. The Morgan fingerprint density at radius 2 is 2.30 bits per heavy atom. The molecule has 0 aliphatic heterocycles. The van der Waals surface area contributed by atoms with Gasteiger partial charge in [0.2, 0.25) is 11.0 Å². The molecule has 0 saturated heterocycles. The number of nitrogens with one attached hydrogen (secondary N) is 1. The van der Waals surface area contributed by atoms with Crippen LogP contribution in [0.25, 0.3) is 0 Å². The average Bonchev–Trinajstić information content (AvgIpc) is 3.04. The normalized spacial score (nSPS) is 10.8. The Labute approximate surface area is 120 Å². The van der Waals surface area contributed by atoms with Crippen LogP contribution in [0.15, 0.2) is 18.3 Å². The Morgan fingerprint density at radius 3 is 2.95 bits per heavy atom. The molecule has 0 fully saturated rings. The van der Waals surface area contributed by atoms with Crippen molar-refractivity contribution in [2.24, 2.45) is 0 Å². The maximum atomic E-state index is 11.8. The fourth-order valence-corrected chi connectivity index (χ4v) is 2.42. The van der Waals surface area contributed by atoms with Crippen molar-refractivity contribution in [2.45, 2.75) is 32.7 Å². The van der Waals surface area contributed by atoms with Crippen LogP contribution in [-0.2, 0) is 11.3 Å². The lowest BCUT2D eigenvalue weighted by molar-refractivity contribution is -0.116. The number of anilines is 1. The molecule has 0 aliphatic carbocycles. The van der Waals surface area contributed by atoms with Gasteiger partial charge in [0.15, 0.2) is 6.29 Å². The number of aromatic nitrogens is 3. The van der Waals surface area contributed by atoms with Gasteiger partial charge in [-0.3, -0.25) is 9.59 Å². The number of carbonyl (C=O) groups excluding carboxylic acids is 2. The van der Waals surface area contributed by atoms with E-state index in [0.29, 0.717) is 23.3 Å². The van der Waals surface area contributed by atoms with E-state index in [1.54, 1.807) is 22.9 Å². The van der Waals surface area contributed by atoms with Crippen molar-refractivity contribution in [2.75, 3.05) is 5.32 Å². The molecule has 20 heavy (non-hydrogen) atoms. The van der Waals surface area contributed by atoms with Crippen molar-refractivity contribution in [1.82, 2.24) is 14.8 Å². The van der Waals surface area contributed by atoms with Crippen molar-refractivity contribution < 1.29 is 9.59 Å². The molecule has 1 amide bonds. The van der Waals surface area contributed by atoms with E-state index in [9.17, 15) is 9.59 Å². The third-order valence-corrected chi connectivity index (χ3v) is 3.89. The summed E-state index contributed by atoms with van der Waals surface area (Å²) >= 11 is 1.38. The van der Waals surface area contributed by atoms with E-state index in [0.717, 1.165) is 11.3 Å². The lowest BCUT2D eigenvalue weighted by Crippen LogP contribution is -2.14. The molecule has 0 radical (unpaired) electrons. The van der Waals surface area contributed by atoms with Crippen molar-refractivity contribution in [3.05, 3.63) is 29.0 Å². The first-order valence-electron chi connectivity index (χ1n) is 6.33. The van der Waals surface area contributed by atoms with Crippen molar-refractivity contribution in [1.29, 1.82) is 0 Å². The first-order valence-corrected chi connectivity index (χ1v) is 7.15. The Balaban J connectivity index is 1.87. The van der Waals surface area contributed by atoms with Crippen LogP contribution < -0.4 is 5.32 Å². The smallest absolute Gasteiger partial charge is 0.227 e. The summed E-state index contributed by atoms with van der Waals surface area (Å²) in [6.07, 6.45) is 2.84. The van der Waals surface area contributed by atoms with Crippen LogP contribution in [0.4, 0.5) is 5.13 Å². The molecule has 0 aliphatic rings. The van der Waals surface area contributed by atoms with Gasteiger partial charge in [0, 0.05) is 25.1 Å². The quantitative estimate of drug-likeness (QED) is 0.829. The highest BCUT2D eigenvalue weighted by molar-refractivity contribution is 7.15. The minimum atomic E-state index is -0.137. The second kappa shape index (κ2) is 6.42. The number of hydrogen-bond acceptors (Lipinski definition) is 5. The summed E-state index contributed by atoms with van der Waals surface area (Å²) in [6, 6.07) is 3.49. The summed E-state index contributed by atoms with van der Waals surface area (Å²) in [5.74, 6) is 0.162. The number of carbonyl (C=O) groups is 2. The summed E-state index contributed by atoms with van der Waals surface area (Å²) in [7, 11) is 0. The Morgan fingerprint density at radius 1 is 1.50 bits per heavy atom. The minimum absolute atomic E-state index is 0.137. The number of aryl methyl sites for hydroxylation is 1. The van der Waals surface area contributed by atoms with Gasteiger partial charge >= 0.3 is 0 Å². The number of amides is 1. The fourth-order valence-electron chi connectivity index (χ4n) is 1.66. The SMILES string of the molecule is CC(C)c1nnc(NC(=O)CCn2cccc2C=O)s1. The van der Waals surface area contributed by atoms with E-state index in [4.69, 9.17) is 0 Å². The second-order valence-electron chi connectivity index (χ2n) is 4.64. The summed E-state index contributed by atoms with van der Waals surface area (Å²) in [5, 5.41) is 12.1. The van der Waals surface area contributed by atoms with Crippen LogP contribution in [0.1, 0.15) is 41.7 Å². The topological polar surface area (TPSA) is 76.9 Å². The van der Waals surface area contributed by atoms with Crippen molar-refractivity contribution in [3.63, 3.8) is 0 Å². The number of hydrogen-bond donors (Lipinski definition) is 1. The molecule has 7 heteroatoms. The molecule has 0 unspecified atom stereocenters. The molecular weight excluding hydrogens is 276 g/mol. The standard InChI is InChI=1S/C13H16N4O2S/c1-9(2)12-15-16-13(20-12)14-11(19)5-7-17-6-3-4-10(17)8-18/h3-4,6,8-9H,5,7H2,1-2H3,(H,14,16,19). The minimum Gasteiger partial charge on any atom is -0.345 e. The molecule has 6 nitrogen and oxygen atoms in total. The third-order valence-electron chi connectivity index (χ3n) is 2.75. The first kappa shape index (κ1) is 14.4. The lowest BCUT2D eigenvalue weighted by Gasteiger charge is -2.04. The summed E-state index contributed by atoms with van der Waals surface area (Å²) in [5.41, 5.74) is 0.566. The fraction of sp³-hybridized carbons (Fsp3) is 0.385. The molecule has 1 N–H and O–H groups in total. The highest BCUT2D eigenvalue weighted by atomic mass is 32.1. The van der Waals surface area contributed by atoms with E-state index >= 15 is 0 Å². The molecule has 2 aromatic rings. The van der Waals surface area contributed by atoms with Crippen molar-refractivity contribution >= 4 is 28.7 Å². The van der Waals surface area contributed by atoms with Gasteiger partial charge in [0.25, 0.3) is 0 Å². The van der Waals surface area contributed by atoms with Gasteiger partial charge < -0.3 is 9.88 Å². The molecule has 0 saturated carbocycles. The van der Waals surface area contributed by atoms with E-state index in [1.165, 1.54) is 11.3 Å². The highest BCUT2D eigenvalue weighted by Gasteiger charge is 2.10. The van der Waals surface area contributed by atoms with Crippen LogP contribution in [0.5, 0.6) is 0 Å². The molecular formula is C13H16N4O2S. The molecule has 2 aromatic heterocycles. The maximum absolute atomic E-state index is 11.8. The Bertz CT molecular complexity index is 603. The van der Waals surface area contributed by atoms with E-state index in [2.05, 4.69) is 15.5 Å². The highest BCUT2D eigenvalue weighted by Crippen LogP contribution is 2.22. The lowest BCUT2D eigenvalue weighted by atomic mass is 10.2. The summed E-state index contributed by atoms with van der Waals surface area (Å²) in [6.45, 7) is 4.51. The second-order valence-corrected chi connectivity index (χ2v) is 5.65. The molecule has 0 bridgehead atoms. The molecule has 106 valence electrons. The van der Waals surface area contributed by atoms with Crippen LogP contribution in [0.3, 0.4) is 0 Å². The van der Waals surface area contributed by atoms with E-state index in [-0.39, 0.29) is 12.3 Å². The van der Waals surface area contributed by atoms with Gasteiger partial charge in [-0.05, 0) is 12.1 Å². The summed E-state index contributed by atoms with van der Waals surface area (Å²) < 4.78 is 1.74. The van der Waals surface area contributed by atoms with Crippen molar-refractivity contribution in [3.8, 4) is 0 Å². The van der Waals surface area contributed by atoms with Gasteiger partial charge in [0.1, 0.15) is 5.01 Å². The number of nitrogens with zero attached hydrogens (tertiary/aromatic N) is 3. The van der Waals surface area contributed by atoms with Crippen LogP contribution in [0.2, 0.25) is 0 Å². The average molecular weight is 292 g/mol. The molecule has 2 heterocycles. The number of aldehydes is 1. The maximum Gasteiger partial charge on any atom is 0.227 e. The Kier molecular flexibility index (Phi) is 4.62. The largest absolute Gasteiger partial charge is 0.345 e. The zero-order valence-corrected chi connectivity index (χ0v) is 12.2. The molecule has 0 spiro atoms. The number of rotatable bonds is 6. The molecule has 0 atom stereocenters. The van der Waals surface area contributed by atoms with Crippen LogP contribution in [0, 0.1) is 0 Å². The van der Waals surface area contributed by atoms with Gasteiger partial charge in [-0.25, -0.2) is 0 Å².